The summed E-state index contributed by atoms with van der Waals surface area (Å²) in [6.45, 7) is 4.72. The van der Waals surface area contributed by atoms with Crippen LogP contribution in [0.25, 0.3) is 0 Å². The van der Waals surface area contributed by atoms with Gasteiger partial charge in [-0.2, -0.15) is 0 Å². The Kier molecular flexibility index (Phi) is 5.72. The highest BCUT2D eigenvalue weighted by atomic mass is 35.5. The molecule has 1 aliphatic heterocycles. The van der Waals surface area contributed by atoms with Gasteiger partial charge in [0.25, 0.3) is 0 Å². The largest absolute Gasteiger partial charge is 0.393 e. The number of aromatic nitrogens is 1. The first-order chi connectivity index (χ1) is 11.6. The zero-order valence-electron chi connectivity index (χ0n) is 14.0. The number of aliphatic hydroxyl groups is 1. The van der Waals surface area contributed by atoms with E-state index in [1.54, 1.807) is 6.20 Å². The van der Waals surface area contributed by atoms with Crippen molar-refractivity contribution in [1.29, 1.82) is 0 Å². The van der Waals surface area contributed by atoms with Crippen molar-refractivity contribution in [3.63, 3.8) is 0 Å². The highest BCUT2D eigenvalue weighted by Crippen LogP contribution is 2.22. The van der Waals surface area contributed by atoms with Gasteiger partial charge < -0.3 is 15.3 Å². The van der Waals surface area contributed by atoms with Gasteiger partial charge in [-0.3, -0.25) is 4.98 Å². The number of hydrogen-bond donors (Lipinski definition) is 2. The summed E-state index contributed by atoms with van der Waals surface area (Å²) in [7, 11) is 0. The second-order valence-corrected chi connectivity index (χ2v) is 6.82. The third-order valence-electron chi connectivity index (χ3n) is 4.60. The van der Waals surface area contributed by atoms with E-state index >= 15 is 0 Å². The number of benzene rings is 1. The SMILES string of the molecule is CC(NCc1ccc(Cl)cn1)c1ccc(N2CCC(O)CC2)cc1. The lowest BCUT2D eigenvalue weighted by Crippen LogP contribution is -2.35. The first-order valence-corrected chi connectivity index (χ1v) is 8.86. The van der Waals surface area contributed by atoms with Gasteiger partial charge >= 0.3 is 0 Å². The molecule has 1 unspecified atom stereocenters. The molecule has 2 aromatic rings. The molecular formula is C19H24ClN3O. The molecule has 3 rings (SSSR count). The summed E-state index contributed by atoms with van der Waals surface area (Å²) in [6.07, 6.45) is 3.25. The van der Waals surface area contributed by atoms with Gasteiger partial charge in [-0.05, 0) is 49.6 Å². The molecular weight excluding hydrogens is 322 g/mol. The smallest absolute Gasteiger partial charge is 0.0589 e. The van der Waals surface area contributed by atoms with Crippen molar-refractivity contribution < 1.29 is 5.11 Å². The van der Waals surface area contributed by atoms with Crippen LogP contribution in [-0.2, 0) is 6.54 Å². The zero-order valence-corrected chi connectivity index (χ0v) is 14.7. The van der Waals surface area contributed by atoms with Crippen LogP contribution in [0.1, 0.15) is 37.1 Å². The molecule has 2 heterocycles. The van der Waals surface area contributed by atoms with Crippen LogP contribution in [0, 0.1) is 0 Å². The normalized spacial score (nSPS) is 17.0. The van der Waals surface area contributed by atoms with Gasteiger partial charge in [-0.1, -0.05) is 23.7 Å². The number of halogens is 1. The second-order valence-electron chi connectivity index (χ2n) is 6.38. The molecule has 0 amide bonds. The number of pyridine rings is 1. The predicted molar refractivity (Wildman–Crippen MR) is 98.4 cm³/mol. The van der Waals surface area contributed by atoms with Gasteiger partial charge in [0.15, 0.2) is 0 Å². The molecule has 1 aromatic carbocycles. The van der Waals surface area contributed by atoms with Crippen molar-refractivity contribution in [3.8, 4) is 0 Å². The van der Waals surface area contributed by atoms with Crippen LogP contribution < -0.4 is 10.2 Å². The van der Waals surface area contributed by atoms with E-state index in [-0.39, 0.29) is 12.1 Å². The number of nitrogens with zero attached hydrogens (tertiary/aromatic N) is 2. The quantitative estimate of drug-likeness (QED) is 0.870. The van der Waals surface area contributed by atoms with E-state index in [4.69, 9.17) is 11.6 Å². The predicted octanol–water partition coefficient (Wildman–Crippen LogP) is 3.55. The number of anilines is 1. The number of nitrogens with one attached hydrogen (secondary N) is 1. The van der Waals surface area contributed by atoms with Crippen molar-refractivity contribution >= 4 is 17.3 Å². The Balaban J connectivity index is 1.55. The summed E-state index contributed by atoms with van der Waals surface area (Å²) < 4.78 is 0. The highest BCUT2D eigenvalue weighted by molar-refractivity contribution is 6.30. The average Bonchev–Trinajstić information content (AvgIpc) is 2.62. The molecule has 4 nitrogen and oxygen atoms in total. The molecule has 0 saturated carbocycles. The van der Waals surface area contributed by atoms with Crippen molar-refractivity contribution in [2.24, 2.45) is 0 Å². The molecule has 1 saturated heterocycles. The fourth-order valence-corrected chi connectivity index (χ4v) is 3.10. The molecule has 24 heavy (non-hydrogen) atoms. The Morgan fingerprint density at radius 3 is 2.54 bits per heavy atom. The van der Waals surface area contributed by atoms with Gasteiger partial charge in [0.2, 0.25) is 0 Å². The van der Waals surface area contributed by atoms with Crippen molar-refractivity contribution in [3.05, 3.63) is 58.9 Å². The van der Waals surface area contributed by atoms with E-state index in [1.165, 1.54) is 11.3 Å². The van der Waals surface area contributed by atoms with Crippen LogP contribution in [0.3, 0.4) is 0 Å². The highest BCUT2D eigenvalue weighted by Gasteiger charge is 2.17. The van der Waals surface area contributed by atoms with Crippen LogP contribution in [-0.4, -0.2) is 29.3 Å². The topological polar surface area (TPSA) is 48.4 Å². The maximum Gasteiger partial charge on any atom is 0.0589 e. The average molecular weight is 346 g/mol. The van der Waals surface area contributed by atoms with E-state index in [2.05, 4.69) is 46.4 Å². The van der Waals surface area contributed by atoms with Crippen LogP contribution in [0.15, 0.2) is 42.6 Å². The molecule has 0 radical (unpaired) electrons. The summed E-state index contributed by atoms with van der Waals surface area (Å²) in [6, 6.07) is 12.7. The van der Waals surface area contributed by atoms with E-state index in [0.29, 0.717) is 11.6 Å². The number of hydrogen-bond acceptors (Lipinski definition) is 4. The van der Waals surface area contributed by atoms with E-state index in [9.17, 15) is 5.11 Å². The molecule has 2 N–H and O–H groups in total. The monoisotopic (exact) mass is 345 g/mol. The van der Waals surface area contributed by atoms with E-state index in [1.807, 2.05) is 12.1 Å². The summed E-state index contributed by atoms with van der Waals surface area (Å²) in [5.41, 5.74) is 3.47. The minimum Gasteiger partial charge on any atom is -0.393 e. The van der Waals surface area contributed by atoms with Crippen LogP contribution in [0.2, 0.25) is 5.02 Å². The summed E-state index contributed by atoms with van der Waals surface area (Å²) in [4.78, 5) is 6.64. The zero-order chi connectivity index (χ0) is 16.9. The van der Waals surface area contributed by atoms with Crippen LogP contribution in [0.4, 0.5) is 5.69 Å². The van der Waals surface area contributed by atoms with Crippen molar-refractivity contribution in [2.75, 3.05) is 18.0 Å². The number of aliphatic hydroxyl groups excluding tert-OH is 1. The molecule has 0 aliphatic carbocycles. The lowest BCUT2D eigenvalue weighted by molar-refractivity contribution is 0.145. The summed E-state index contributed by atoms with van der Waals surface area (Å²) in [5.74, 6) is 0. The van der Waals surface area contributed by atoms with Gasteiger partial charge in [0, 0.05) is 37.6 Å². The van der Waals surface area contributed by atoms with Gasteiger partial charge in [-0.15, -0.1) is 0 Å². The Labute approximate surface area is 148 Å². The molecule has 128 valence electrons. The van der Waals surface area contributed by atoms with Crippen LogP contribution in [0.5, 0.6) is 0 Å². The summed E-state index contributed by atoms with van der Waals surface area (Å²) >= 11 is 5.86. The Bertz CT molecular complexity index is 637. The molecule has 1 aromatic heterocycles. The van der Waals surface area contributed by atoms with Gasteiger partial charge in [-0.25, -0.2) is 0 Å². The Hall–Kier alpha value is -1.62. The molecule has 0 bridgehead atoms. The Morgan fingerprint density at radius 1 is 1.21 bits per heavy atom. The van der Waals surface area contributed by atoms with Crippen molar-refractivity contribution in [1.82, 2.24) is 10.3 Å². The molecule has 0 spiro atoms. The minimum atomic E-state index is -0.133. The van der Waals surface area contributed by atoms with Crippen LogP contribution >= 0.6 is 11.6 Å². The molecule has 1 atom stereocenters. The fourth-order valence-electron chi connectivity index (χ4n) is 2.98. The molecule has 5 heteroatoms. The Morgan fingerprint density at radius 2 is 1.92 bits per heavy atom. The fraction of sp³-hybridized carbons (Fsp3) is 0.421. The molecule has 1 aliphatic rings. The second kappa shape index (κ2) is 7.97. The minimum absolute atomic E-state index is 0.133. The maximum absolute atomic E-state index is 9.61. The maximum atomic E-state index is 9.61. The van der Waals surface area contributed by atoms with E-state index < -0.39 is 0 Å². The van der Waals surface area contributed by atoms with E-state index in [0.717, 1.165) is 31.6 Å². The third-order valence-corrected chi connectivity index (χ3v) is 4.82. The lowest BCUT2D eigenvalue weighted by atomic mass is 10.0. The lowest BCUT2D eigenvalue weighted by Gasteiger charge is -2.31. The van der Waals surface area contributed by atoms with Crippen molar-refractivity contribution in [2.45, 2.75) is 38.5 Å². The van der Waals surface area contributed by atoms with Gasteiger partial charge in [0.05, 0.1) is 16.8 Å². The third kappa shape index (κ3) is 4.47. The summed E-state index contributed by atoms with van der Waals surface area (Å²) in [5, 5.41) is 13.8. The first-order valence-electron chi connectivity index (χ1n) is 8.48. The standard InChI is InChI=1S/C19H24ClN3O/c1-14(21-13-17-5-4-16(20)12-22-17)15-2-6-18(7-3-15)23-10-8-19(24)9-11-23/h2-7,12,14,19,21,24H,8-11,13H2,1H3. The first kappa shape index (κ1) is 17.2. The van der Waals surface area contributed by atoms with Gasteiger partial charge in [0.1, 0.15) is 0 Å². The number of piperidine rings is 1. The molecule has 1 fully saturated rings. The number of rotatable bonds is 5.